The summed E-state index contributed by atoms with van der Waals surface area (Å²) in [4.78, 5) is 5.27. The van der Waals surface area contributed by atoms with Gasteiger partial charge >= 0.3 is 0 Å². The number of rotatable bonds is 3. The topological polar surface area (TPSA) is 19.6 Å². The summed E-state index contributed by atoms with van der Waals surface area (Å²) in [5.41, 5.74) is 23.9. The zero-order valence-electron chi connectivity index (χ0n) is 39.9. The van der Waals surface area contributed by atoms with E-state index in [1.807, 2.05) is 0 Å². The Balaban J connectivity index is 1.31. The van der Waals surface area contributed by atoms with Gasteiger partial charge in [0.05, 0.1) is 16.8 Å². The lowest BCUT2D eigenvalue weighted by Gasteiger charge is -2.48. The van der Waals surface area contributed by atoms with Crippen molar-refractivity contribution < 1.29 is 4.42 Å². The minimum absolute atomic E-state index is 0.0181. The second-order valence-electron chi connectivity index (χ2n) is 22.6. The maximum atomic E-state index is 6.78. The van der Waals surface area contributed by atoms with Crippen LogP contribution in [0.4, 0.5) is 34.1 Å². The van der Waals surface area contributed by atoms with Gasteiger partial charge in [0.15, 0.2) is 0 Å². The van der Waals surface area contributed by atoms with E-state index in [2.05, 4.69) is 220 Å². The van der Waals surface area contributed by atoms with Gasteiger partial charge in [0, 0.05) is 33.7 Å². The van der Waals surface area contributed by atoms with Crippen LogP contribution in [0.25, 0.3) is 33.1 Å². The predicted molar refractivity (Wildman–Crippen MR) is 275 cm³/mol. The molecule has 0 radical (unpaired) electrons. The highest BCUT2D eigenvalue weighted by molar-refractivity contribution is 7.00. The Hall–Kier alpha value is -6.00. The van der Waals surface area contributed by atoms with Crippen molar-refractivity contribution >= 4 is 79.2 Å². The van der Waals surface area contributed by atoms with Crippen LogP contribution in [0.2, 0.25) is 0 Å². The second-order valence-corrected chi connectivity index (χ2v) is 22.6. The van der Waals surface area contributed by atoms with Gasteiger partial charge in [-0.1, -0.05) is 148 Å². The zero-order valence-corrected chi connectivity index (χ0v) is 39.9. The van der Waals surface area contributed by atoms with Gasteiger partial charge in [-0.15, -0.1) is 0 Å². The third kappa shape index (κ3) is 6.08. The van der Waals surface area contributed by atoms with Crippen molar-refractivity contribution in [3.63, 3.8) is 0 Å². The molecule has 8 aromatic rings. The number of furan rings is 1. The average Bonchev–Trinajstić information content (AvgIpc) is 3.63. The van der Waals surface area contributed by atoms with Crippen molar-refractivity contribution in [2.45, 2.75) is 118 Å². The Labute approximate surface area is 381 Å². The second kappa shape index (κ2) is 13.8. The first-order valence-corrected chi connectivity index (χ1v) is 23.5. The molecule has 0 spiro atoms. The van der Waals surface area contributed by atoms with Crippen molar-refractivity contribution in [2.75, 3.05) is 9.80 Å². The molecule has 3 heterocycles. The van der Waals surface area contributed by atoms with Gasteiger partial charge in [0.2, 0.25) is 0 Å². The van der Waals surface area contributed by atoms with Crippen molar-refractivity contribution in [3.05, 3.63) is 161 Å². The SMILES string of the molecule is Cc1cc2c3c(c1)N(c1ccc(C(C)(C)C)cc1-c1ccccc1)c1c(ccc4oc5ccccc5c14)B3c1cc3c(cc1N2c1ccc(C(C)(C)C)cc1C)C(C)(C)CCC3(C)C. The molecule has 4 heteroatoms. The molecular formula is C60H61BN2O. The van der Waals surface area contributed by atoms with Gasteiger partial charge < -0.3 is 14.2 Å². The quantitative estimate of drug-likeness (QED) is 0.165. The van der Waals surface area contributed by atoms with Crippen molar-refractivity contribution in [1.82, 2.24) is 0 Å². The van der Waals surface area contributed by atoms with E-state index in [1.54, 1.807) is 0 Å². The molecule has 0 bridgehead atoms. The standard InChI is InChI=1S/C60H61BN2O/c1-36-30-50-55-51(31-36)63(48-26-23-40(58(6,7)8)33-42(48)38-18-14-13-15-19-38)56-45(24-27-53-54(56)41-20-16-17-21-52(41)64-53)61(55)46-34-43-44(60(11,12)29-28-59(43,9)10)35-49(46)62(50)47-25-22-39(32-37(47)2)57(3,4)5/h13-27,30-35H,28-29H2,1-12H3. The van der Waals surface area contributed by atoms with E-state index in [9.17, 15) is 0 Å². The number of benzene rings is 7. The number of aryl methyl sites for hydroxylation is 2. The first kappa shape index (κ1) is 40.8. The van der Waals surface area contributed by atoms with E-state index < -0.39 is 0 Å². The Bertz CT molecular complexity index is 3230. The molecule has 64 heavy (non-hydrogen) atoms. The molecule has 0 saturated carbocycles. The highest BCUT2D eigenvalue weighted by Crippen LogP contribution is 2.53. The molecule has 1 aliphatic carbocycles. The molecule has 0 fully saturated rings. The smallest absolute Gasteiger partial charge is 0.252 e. The number of hydrogen-bond donors (Lipinski definition) is 0. The molecule has 2 aliphatic heterocycles. The fraction of sp³-hybridized carbons (Fsp3) is 0.300. The molecule has 0 amide bonds. The number of fused-ring (bicyclic) bond motifs is 9. The summed E-state index contributed by atoms with van der Waals surface area (Å²) in [6.45, 7) is 28.4. The molecule has 7 aromatic carbocycles. The van der Waals surface area contributed by atoms with E-state index in [4.69, 9.17) is 4.42 Å². The van der Waals surface area contributed by atoms with Crippen molar-refractivity contribution in [1.29, 1.82) is 0 Å². The van der Waals surface area contributed by atoms with Crippen LogP contribution in [-0.4, -0.2) is 6.71 Å². The first-order valence-electron chi connectivity index (χ1n) is 23.5. The van der Waals surface area contributed by atoms with E-state index in [-0.39, 0.29) is 28.4 Å². The highest BCUT2D eigenvalue weighted by Gasteiger charge is 2.47. The molecule has 0 N–H and O–H groups in total. The molecule has 1 aromatic heterocycles. The first-order chi connectivity index (χ1) is 30.3. The third-order valence-corrected chi connectivity index (χ3v) is 15.2. The number of para-hydroxylation sites is 1. The van der Waals surface area contributed by atoms with Gasteiger partial charge in [0.25, 0.3) is 6.71 Å². The minimum atomic E-state index is -0.0322. The maximum Gasteiger partial charge on any atom is 0.252 e. The van der Waals surface area contributed by atoms with Crippen LogP contribution in [0, 0.1) is 13.8 Å². The van der Waals surface area contributed by atoms with Crippen LogP contribution >= 0.6 is 0 Å². The summed E-state index contributed by atoms with van der Waals surface area (Å²) in [5, 5.41) is 2.31. The van der Waals surface area contributed by atoms with E-state index >= 15 is 0 Å². The number of nitrogens with zero attached hydrogens (tertiary/aromatic N) is 2. The fourth-order valence-electron chi connectivity index (χ4n) is 11.4. The van der Waals surface area contributed by atoms with Crippen LogP contribution < -0.4 is 26.2 Å². The van der Waals surface area contributed by atoms with Crippen LogP contribution in [0.5, 0.6) is 0 Å². The van der Waals surface area contributed by atoms with Gasteiger partial charge in [-0.25, -0.2) is 0 Å². The van der Waals surface area contributed by atoms with Gasteiger partial charge in [-0.2, -0.15) is 0 Å². The van der Waals surface area contributed by atoms with E-state index in [0.29, 0.717) is 0 Å². The summed E-state index contributed by atoms with van der Waals surface area (Å²) >= 11 is 0. The Morgan fingerprint density at radius 2 is 1.14 bits per heavy atom. The lowest BCUT2D eigenvalue weighted by Crippen LogP contribution is -2.62. The number of anilines is 6. The normalized spacial score (nSPS) is 16.2. The van der Waals surface area contributed by atoms with Crippen LogP contribution in [-0.2, 0) is 21.7 Å². The summed E-state index contributed by atoms with van der Waals surface area (Å²) in [7, 11) is 0. The Morgan fingerprint density at radius 1 is 0.531 bits per heavy atom. The van der Waals surface area contributed by atoms with E-state index in [0.717, 1.165) is 34.8 Å². The molecule has 3 aliphatic rings. The largest absolute Gasteiger partial charge is 0.456 e. The molecule has 3 nitrogen and oxygen atoms in total. The summed E-state index contributed by atoms with van der Waals surface area (Å²) in [5.74, 6) is 0. The van der Waals surface area contributed by atoms with E-state index in [1.165, 1.54) is 95.0 Å². The third-order valence-electron chi connectivity index (χ3n) is 15.2. The Kier molecular flexibility index (Phi) is 8.76. The highest BCUT2D eigenvalue weighted by atomic mass is 16.3. The maximum absolute atomic E-state index is 6.78. The molecular weight excluding hydrogens is 775 g/mol. The van der Waals surface area contributed by atoms with Crippen LogP contribution in [0.1, 0.15) is 115 Å². The number of hydrogen-bond acceptors (Lipinski definition) is 3. The van der Waals surface area contributed by atoms with Crippen LogP contribution in [0.15, 0.2) is 132 Å². The summed E-state index contributed by atoms with van der Waals surface area (Å²) < 4.78 is 6.78. The van der Waals surface area contributed by atoms with Gasteiger partial charge in [-0.05, 0) is 152 Å². The van der Waals surface area contributed by atoms with Crippen molar-refractivity contribution in [2.24, 2.45) is 0 Å². The van der Waals surface area contributed by atoms with Gasteiger partial charge in [-0.3, -0.25) is 0 Å². The van der Waals surface area contributed by atoms with Gasteiger partial charge in [0.1, 0.15) is 11.2 Å². The zero-order chi connectivity index (χ0) is 44.8. The lowest BCUT2D eigenvalue weighted by molar-refractivity contribution is 0.332. The minimum Gasteiger partial charge on any atom is -0.456 e. The molecule has 320 valence electrons. The molecule has 11 rings (SSSR count). The summed E-state index contributed by atoms with van der Waals surface area (Å²) in [6.07, 6.45) is 2.32. The summed E-state index contributed by atoms with van der Waals surface area (Å²) in [6, 6.07) is 48.9. The lowest BCUT2D eigenvalue weighted by atomic mass is 9.33. The predicted octanol–water partition coefficient (Wildman–Crippen LogP) is 14.9. The fourth-order valence-corrected chi connectivity index (χ4v) is 11.4. The average molecular weight is 837 g/mol. The molecule has 0 unspecified atom stereocenters. The Morgan fingerprint density at radius 3 is 1.81 bits per heavy atom. The molecule has 0 saturated heterocycles. The van der Waals surface area contributed by atoms with Crippen molar-refractivity contribution in [3.8, 4) is 11.1 Å². The molecule has 0 atom stereocenters. The van der Waals surface area contributed by atoms with Crippen LogP contribution in [0.3, 0.4) is 0 Å². The monoisotopic (exact) mass is 836 g/mol.